The normalized spacial score (nSPS) is 10.2. The monoisotopic (exact) mass is 295 g/mol. The highest BCUT2D eigenvalue weighted by Crippen LogP contribution is 2.18. The number of nitrogens with zero attached hydrogens (tertiary/aromatic N) is 1. The molecule has 4 nitrogen and oxygen atoms in total. The van der Waals surface area contributed by atoms with Gasteiger partial charge in [0, 0.05) is 11.8 Å². The lowest BCUT2D eigenvalue weighted by Gasteiger charge is -2.06. The molecule has 0 bridgehead atoms. The summed E-state index contributed by atoms with van der Waals surface area (Å²) in [5.74, 6) is -1.17. The first kappa shape index (κ1) is 14.3. The molecule has 0 unspecified atom stereocenters. The van der Waals surface area contributed by atoms with Gasteiger partial charge in [0.25, 0.3) is 0 Å². The summed E-state index contributed by atoms with van der Waals surface area (Å²) < 4.78 is 23.3. The Bertz CT molecular complexity index is 616. The smallest absolute Gasteiger partial charge is 0.338 e. The van der Waals surface area contributed by atoms with Crippen LogP contribution in [0, 0.1) is 5.82 Å². The highest BCUT2D eigenvalue weighted by Gasteiger charge is 2.11. The molecule has 1 aromatic heterocycles. The van der Waals surface area contributed by atoms with Crippen LogP contribution in [0.5, 0.6) is 5.75 Å². The number of carbonyl (C=O) groups excluding carboxylic acids is 1. The fourth-order valence-electron chi connectivity index (χ4n) is 1.52. The van der Waals surface area contributed by atoms with Crippen LogP contribution >= 0.6 is 11.6 Å². The third-order valence-corrected chi connectivity index (χ3v) is 2.77. The first-order valence-corrected chi connectivity index (χ1v) is 6.09. The van der Waals surface area contributed by atoms with E-state index in [-0.39, 0.29) is 17.9 Å². The standard InChI is InChI=1S/C14H11ClFNO3/c1-19-12-4-3-10(6-11(12)16)14(18)20-8-9-2-5-13(15)17-7-9/h2-7H,8H2,1H3. The fourth-order valence-corrected chi connectivity index (χ4v) is 1.63. The fraction of sp³-hybridized carbons (Fsp3) is 0.143. The zero-order valence-corrected chi connectivity index (χ0v) is 11.4. The van der Waals surface area contributed by atoms with Crippen LogP contribution in [-0.2, 0) is 11.3 Å². The van der Waals surface area contributed by atoms with Crippen molar-refractivity contribution in [1.29, 1.82) is 0 Å². The summed E-state index contributed by atoms with van der Waals surface area (Å²) in [6.07, 6.45) is 1.50. The number of hydrogen-bond acceptors (Lipinski definition) is 4. The van der Waals surface area contributed by atoms with E-state index in [1.54, 1.807) is 12.1 Å². The maximum absolute atomic E-state index is 13.5. The molecular weight excluding hydrogens is 285 g/mol. The Morgan fingerprint density at radius 1 is 1.35 bits per heavy atom. The number of aromatic nitrogens is 1. The van der Waals surface area contributed by atoms with Crippen molar-refractivity contribution in [2.75, 3.05) is 7.11 Å². The summed E-state index contributed by atoms with van der Waals surface area (Å²) >= 11 is 5.64. The van der Waals surface area contributed by atoms with Gasteiger partial charge >= 0.3 is 5.97 Å². The second-order valence-corrected chi connectivity index (χ2v) is 4.30. The maximum Gasteiger partial charge on any atom is 0.338 e. The Hall–Kier alpha value is -2.14. The topological polar surface area (TPSA) is 48.4 Å². The van der Waals surface area contributed by atoms with Gasteiger partial charge in [-0.2, -0.15) is 0 Å². The second kappa shape index (κ2) is 6.34. The molecule has 0 saturated carbocycles. The predicted molar refractivity (Wildman–Crippen MR) is 71.3 cm³/mol. The van der Waals surface area contributed by atoms with E-state index in [4.69, 9.17) is 21.1 Å². The van der Waals surface area contributed by atoms with Crippen molar-refractivity contribution in [2.24, 2.45) is 0 Å². The SMILES string of the molecule is COc1ccc(C(=O)OCc2ccc(Cl)nc2)cc1F. The lowest BCUT2D eigenvalue weighted by molar-refractivity contribution is 0.0471. The van der Waals surface area contributed by atoms with Gasteiger partial charge in [0.2, 0.25) is 0 Å². The predicted octanol–water partition coefficient (Wildman–Crippen LogP) is 3.24. The quantitative estimate of drug-likeness (QED) is 0.642. The lowest BCUT2D eigenvalue weighted by atomic mass is 10.2. The van der Waals surface area contributed by atoms with Gasteiger partial charge in [-0.3, -0.25) is 0 Å². The van der Waals surface area contributed by atoms with Gasteiger partial charge in [-0.15, -0.1) is 0 Å². The molecule has 0 spiro atoms. The molecule has 0 aliphatic heterocycles. The zero-order valence-electron chi connectivity index (χ0n) is 10.6. The van der Waals surface area contributed by atoms with E-state index in [1.807, 2.05) is 0 Å². The highest BCUT2D eigenvalue weighted by atomic mass is 35.5. The van der Waals surface area contributed by atoms with Crippen molar-refractivity contribution >= 4 is 17.6 Å². The minimum absolute atomic E-state index is 0.0383. The minimum Gasteiger partial charge on any atom is -0.494 e. The molecule has 104 valence electrons. The van der Waals surface area contributed by atoms with Gasteiger partial charge in [-0.1, -0.05) is 17.7 Å². The molecule has 0 amide bonds. The molecule has 20 heavy (non-hydrogen) atoms. The van der Waals surface area contributed by atoms with E-state index in [0.29, 0.717) is 10.7 Å². The van der Waals surface area contributed by atoms with Gasteiger partial charge in [0.05, 0.1) is 12.7 Å². The van der Waals surface area contributed by atoms with E-state index in [0.717, 1.165) is 6.07 Å². The second-order valence-electron chi connectivity index (χ2n) is 3.91. The summed E-state index contributed by atoms with van der Waals surface area (Å²) in [5.41, 5.74) is 0.807. The van der Waals surface area contributed by atoms with Crippen molar-refractivity contribution < 1.29 is 18.7 Å². The van der Waals surface area contributed by atoms with E-state index in [2.05, 4.69) is 4.98 Å². The van der Waals surface area contributed by atoms with Crippen molar-refractivity contribution in [2.45, 2.75) is 6.61 Å². The Kier molecular flexibility index (Phi) is 4.53. The average Bonchev–Trinajstić information content (AvgIpc) is 2.46. The van der Waals surface area contributed by atoms with Crippen LogP contribution in [0.4, 0.5) is 4.39 Å². The van der Waals surface area contributed by atoms with E-state index in [1.165, 1.54) is 25.4 Å². The zero-order chi connectivity index (χ0) is 14.5. The first-order valence-electron chi connectivity index (χ1n) is 5.71. The summed E-state index contributed by atoms with van der Waals surface area (Å²) in [5, 5.41) is 0.359. The van der Waals surface area contributed by atoms with Crippen molar-refractivity contribution in [3.05, 3.63) is 58.6 Å². The van der Waals surface area contributed by atoms with E-state index in [9.17, 15) is 9.18 Å². The Morgan fingerprint density at radius 3 is 2.75 bits per heavy atom. The number of benzene rings is 1. The number of ether oxygens (including phenoxy) is 2. The van der Waals surface area contributed by atoms with Gasteiger partial charge in [-0.25, -0.2) is 14.2 Å². The summed E-state index contributed by atoms with van der Waals surface area (Å²) in [4.78, 5) is 15.6. The first-order chi connectivity index (χ1) is 9.60. The van der Waals surface area contributed by atoms with Gasteiger partial charge in [0.15, 0.2) is 11.6 Å². The molecule has 0 saturated heterocycles. The summed E-state index contributed by atoms with van der Waals surface area (Å²) in [6.45, 7) is 0.0383. The van der Waals surface area contributed by atoms with Crippen LogP contribution in [0.1, 0.15) is 15.9 Å². The Morgan fingerprint density at radius 2 is 2.15 bits per heavy atom. The average molecular weight is 296 g/mol. The van der Waals surface area contributed by atoms with Crippen molar-refractivity contribution in [3.8, 4) is 5.75 Å². The maximum atomic E-state index is 13.5. The number of esters is 1. The number of rotatable bonds is 4. The van der Waals surface area contributed by atoms with Crippen LogP contribution in [0.2, 0.25) is 5.15 Å². The summed E-state index contributed by atoms with van der Waals surface area (Å²) in [6, 6.07) is 7.16. The molecule has 1 heterocycles. The third kappa shape index (κ3) is 3.45. The molecule has 0 N–H and O–H groups in total. The Balaban J connectivity index is 2.01. The molecule has 6 heteroatoms. The van der Waals surface area contributed by atoms with E-state index < -0.39 is 11.8 Å². The molecule has 2 rings (SSSR count). The number of halogens is 2. The highest BCUT2D eigenvalue weighted by molar-refractivity contribution is 6.29. The van der Waals surface area contributed by atoms with Gasteiger partial charge in [-0.05, 0) is 24.3 Å². The van der Waals surface area contributed by atoms with Gasteiger partial charge in [0.1, 0.15) is 11.8 Å². The van der Waals surface area contributed by atoms with E-state index >= 15 is 0 Å². The molecule has 0 aliphatic rings. The molecular formula is C14H11ClFNO3. The van der Waals surface area contributed by atoms with Crippen LogP contribution in [0.25, 0.3) is 0 Å². The molecule has 1 aromatic carbocycles. The van der Waals surface area contributed by atoms with Crippen LogP contribution in [-0.4, -0.2) is 18.1 Å². The molecule has 2 aromatic rings. The largest absolute Gasteiger partial charge is 0.494 e. The number of methoxy groups -OCH3 is 1. The van der Waals surface area contributed by atoms with Crippen LogP contribution in [0.15, 0.2) is 36.5 Å². The van der Waals surface area contributed by atoms with Crippen LogP contribution in [0.3, 0.4) is 0 Å². The van der Waals surface area contributed by atoms with Crippen molar-refractivity contribution in [3.63, 3.8) is 0 Å². The van der Waals surface area contributed by atoms with Crippen molar-refractivity contribution in [1.82, 2.24) is 4.98 Å². The molecule has 0 radical (unpaired) electrons. The third-order valence-electron chi connectivity index (χ3n) is 2.55. The number of pyridine rings is 1. The molecule has 0 atom stereocenters. The minimum atomic E-state index is -0.624. The number of hydrogen-bond donors (Lipinski definition) is 0. The van der Waals surface area contributed by atoms with Crippen LogP contribution < -0.4 is 4.74 Å². The molecule has 0 fully saturated rings. The Labute approximate surface area is 120 Å². The molecule has 0 aliphatic carbocycles. The summed E-state index contributed by atoms with van der Waals surface area (Å²) in [7, 11) is 1.35. The number of carbonyl (C=O) groups is 1. The lowest BCUT2D eigenvalue weighted by Crippen LogP contribution is -2.06. The van der Waals surface area contributed by atoms with Gasteiger partial charge < -0.3 is 9.47 Å².